The highest BCUT2D eigenvalue weighted by Gasteiger charge is 2.26. The number of fused-ring (bicyclic) bond motifs is 12. The van der Waals surface area contributed by atoms with Crippen LogP contribution >= 0.6 is 0 Å². The second-order valence-corrected chi connectivity index (χ2v) is 29.0. The Kier molecular flexibility index (Phi) is 17.3. The molecule has 0 bridgehead atoms. The minimum Gasteiger partial charge on any atom is -0.310 e. The van der Waals surface area contributed by atoms with Crippen LogP contribution in [0.3, 0.4) is 0 Å². The van der Waals surface area contributed by atoms with Crippen LogP contribution in [-0.4, -0.2) is 39.0 Å². The Hall–Kier alpha value is -15.8. The third-order valence-electron chi connectivity index (χ3n) is 21.9. The molecule has 0 aliphatic heterocycles. The SMILES string of the molecule is c1ccc(-c2nc(-c3ccc4ccccc4c3)nc(-c3cc4c(c5ccccc35)c3cc(N(c5ccccc5)c5ccc6ccccc6c5)ccc3n4-c3ccccc3)n2)cc1.c1ccc(-c2nc(-c3ccccc3)nc(-c3cc4c(c5ccccc35)c3cc(N(c5ccccc5)c5ccccc5)ccc3n4-c3ccccc3)n2)cc1. The third-order valence-corrected chi connectivity index (χ3v) is 21.9. The molecule has 10 heteroatoms. The highest BCUT2D eigenvalue weighted by atomic mass is 15.2. The van der Waals surface area contributed by atoms with Crippen LogP contribution in [0.15, 0.2) is 425 Å². The molecule has 0 radical (unpaired) electrons. The molecule has 0 aliphatic carbocycles. The number of rotatable bonds is 14. The van der Waals surface area contributed by atoms with Gasteiger partial charge in [-0.3, -0.25) is 0 Å². The molecule has 18 aromatic carbocycles. The van der Waals surface area contributed by atoms with E-state index in [0.29, 0.717) is 34.9 Å². The van der Waals surface area contributed by atoms with Gasteiger partial charge in [-0.2, -0.15) is 0 Å². The van der Waals surface area contributed by atoms with Crippen molar-refractivity contribution in [2.75, 3.05) is 9.80 Å². The largest absolute Gasteiger partial charge is 0.310 e. The van der Waals surface area contributed by atoms with Gasteiger partial charge in [0, 0.05) is 100 Å². The Balaban J connectivity index is 0.000000146. The lowest BCUT2D eigenvalue weighted by molar-refractivity contribution is 1.08. The van der Waals surface area contributed by atoms with E-state index in [9.17, 15) is 0 Å². The van der Waals surface area contributed by atoms with Crippen molar-refractivity contribution in [3.63, 3.8) is 0 Å². The van der Waals surface area contributed by atoms with Gasteiger partial charge in [-0.05, 0) is 170 Å². The predicted octanol–water partition coefficient (Wildman–Crippen LogP) is 27.5. The zero-order valence-corrected chi connectivity index (χ0v) is 62.9. The molecule has 22 rings (SSSR count). The molecule has 0 fully saturated rings. The number of hydrogen-bond donors (Lipinski definition) is 0. The average Bonchev–Trinajstić information content (AvgIpc) is 1.55. The van der Waals surface area contributed by atoms with Crippen molar-refractivity contribution in [3.8, 4) is 79.7 Å². The quantitative estimate of drug-likeness (QED) is 0.106. The zero-order chi connectivity index (χ0) is 76.8. The fourth-order valence-electron chi connectivity index (χ4n) is 16.6. The summed E-state index contributed by atoms with van der Waals surface area (Å²) < 4.78 is 4.76. The van der Waals surface area contributed by atoms with Gasteiger partial charge in [0.05, 0.1) is 22.1 Å². The first-order valence-corrected chi connectivity index (χ1v) is 39.1. The van der Waals surface area contributed by atoms with Crippen molar-refractivity contribution < 1.29 is 0 Å². The number of para-hydroxylation sites is 5. The van der Waals surface area contributed by atoms with Crippen molar-refractivity contribution >= 4 is 121 Å². The van der Waals surface area contributed by atoms with E-state index < -0.39 is 0 Å². The van der Waals surface area contributed by atoms with Crippen LogP contribution < -0.4 is 9.80 Å². The highest BCUT2D eigenvalue weighted by molar-refractivity contribution is 6.26. The normalized spacial score (nSPS) is 11.4. The summed E-state index contributed by atoms with van der Waals surface area (Å²) in [5.41, 5.74) is 18.7. The summed E-state index contributed by atoms with van der Waals surface area (Å²) in [5.74, 6) is 3.79. The summed E-state index contributed by atoms with van der Waals surface area (Å²) in [6, 6.07) is 149. The maximum atomic E-state index is 5.31. The van der Waals surface area contributed by atoms with Crippen LogP contribution in [0.5, 0.6) is 0 Å². The highest BCUT2D eigenvalue weighted by Crippen LogP contribution is 2.48. The zero-order valence-electron chi connectivity index (χ0n) is 62.9. The minimum atomic E-state index is 0.622. The molecule has 0 atom stereocenters. The summed E-state index contributed by atoms with van der Waals surface area (Å²) >= 11 is 0. The lowest BCUT2D eigenvalue weighted by atomic mass is 9.98. The van der Waals surface area contributed by atoms with Gasteiger partial charge in [0.1, 0.15) is 0 Å². The van der Waals surface area contributed by atoms with Crippen LogP contribution in [0, 0.1) is 0 Å². The number of anilines is 6. The maximum absolute atomic E-state index is 5.31. The van der Waals surface area contributed by atoms with Crippen molar-refractivity contribution in [1.82, 2.24) is 39.0 Å². The van der Waals surface area contributed by atoms with E-state index in [2.05, 4.69) is 365 Å². The summed E-state index contributed by atoms with van der Waals surface area (Å²) in [5, 5.41) is 13.8. The molecule has 0 aliphatic rings. The number of hydrogen-bond acceptors (Lipinski definition) is 8. The van der Waals surface area contributed by atoms with E-state index in [0.717, 1.165) is 139 Å². The minimum absolute atomic E-state index is 0.622. The topological polar surface area (TPSA) is 93.7 Å². The summed E-state index contributed by atoms with van der Waals surface area (Å²) in [6.45, 7) is 0. The summed E-state index contributed by atoms with van der Waals surface area (Å²) in [7, 11) is 0. The standard InChI is InChI=1S/C57H37N5.C49H33N5/c1-4-18-40(19-5-1)55-58-56(43-29-28-38-16-10-12-20-41(38)34-43)60-57(59-55)50-37-53-54(49-27-15-14-26-48(49)50)51-36-47(32-33-52(51)62(53)45-24-8-3-9-25-45)61(44-22-6-2-7-23-44)46-31-30-39-17-11-13-21-42(39)35-46;1-6-18-34(19-7-1)47-50-48(35-20-8-2-9-21-35)52-49(51-47)42-33-45-46(41-29-17-16-28-40(41)42)43-32-39(30-31-44(43)54(45)38-26-14-5-15-27-38)53(36-22-10-3-11-23-36)37-24-12-4-13-25-37/h1-37H;1-33H. The first kappa shape index (κ1) is 68.3. The summed E-state index contributed by atoms with van der Waals surface area (Å²) in [6.07, 6.45) is 0. The van der Waals surface area contributed by atoms with Gasteiger partial charge in [0.25, 0.3) is 0 Å². The number of nitrogens with zero attached hydrogens (tertiary/aromatic N) is 10. The van der Waals surface area contributed by atoms with Crippen molar-refractivity contribution in [1.29, 1.82) is 0 Å². The second-order valence-electron chi connectivity index (χ2n) is 29.0. The monoisotopic (exact) mass is 1480 g/mol. The Morgan fingerprint density at radius 2 is 0.466 bits per heavy atom. The second kappa shape index (κ2) is 29.5. The van der Waals surface area contributed by atoms with E-state index >= 15 is 0 Å². The molecule has 4 aromatic heterocycles. The van der Waals surface area contributed by atoms with Gasteiger partial charge >= 0.3 is 0 Å². The van der Waals surface area contributed by atoms with E-state index in [1.54, 1.807) is 0 Å². The van der Waals surface area contributed by atoms with Crippen LogP contribution in [0.4, 0.5) is 34.1 Å². The van der Waals surface area contributed by atoms with E-state index in [1.807, 2.05) is 78.9 Å². The molecule has 0 spiro atoms. The van der Waals surface area contributed by atoms with E-state index in [1.165, 1.54) is 26.9 Å². The Morgan fingerprint density at radius 1 is 0.172 bits per heavy atom. The Labute approximate surface area is 669 Å². The number of benzene rings is 18. The van der Waals surface area contributed by atoms with Gasteiger partial charge in [-0.25, -0.2) is 29.9 Å². The van der Waals surface area contributed by atoms with Crippen LogP contribution in [0.25, 0.3) is 166 Å². The molecule has 116 heavy (non-hydrogen) atoms. The molecular weight excluding hydrogens is 1410 g/mol. The molecule has 4 heterocycles. The van der Waals surface area contributed by atoms with Crippen LogP contribution in [-0.2, 0) is 0 Å². The van der Waals surface area contributed by atoms with Crippen LogP contribution in [0.2, 0.25) is 0 Å². The smallest absolute Gasteiger partial charge is 0.164 e. The average molecular weight is 1480 g/mol. The molecule has 544 valence electrons. The summed E-state index contributed by atoms with van der Waals surface area (Å²) in [4.78, 5) is 35.7. The third kappa shape index (κ3) is 12.5. The van der Waals surface area contributed by atoms with Gasteiger partial charge in [0.15, 0.2) is 34.9 Å². The number of aromatic nitrogens is 8. The molecule has 22 aromatic rings. The molecule has 0 amide bonds. The molecule has 0 saturated heterocycles. The lowest BCUT2D eigenvalue weighted by Crippen LogP contribution is -2.09. The van der Waals surface area contributed by atoms with Gasteiger partial charge in [-0.1, -0.05) is 297 Å². The van der Waals surface area contributed by atoms with Gasteiger partial charge in [0.2, 0.25) is 0 Å². The van der Waals surface area contributed by atoms with Crippen molar-refractivity contribution in [2.45, 2.75) is 0 Å². The van der Waals surface area contributed by atoms with E-state index in [4.69, 9.17) is 29.9 Å². The van der Waals surface area contributed by atoms with E-state index in [-0.39, 0.29) is 0 Å². The van der Waals surface area contributed by atoms with Crippen LogP contribution in [0.1, 0.15) is 0 Å². The van der Waals surface area contributed by atoms with Gasteiger partial charge < -0.3 is 18.9 Å². The Bertz CT molecular complexity index is 7340. The molecule has 0 unspecified atom stereocenters. The molecule has 10 nitrogen and oxygen atoms in total. The predicted molar refractivity (Wildman–Crippen MR) is 480 cm³/mol. The van der Waals surface area contributed by atoms with Crippen molar-refractivity contribution in [2.24, 2.45) is 0 Å². The maximum Gasteiger partial charge on any atom is 0.164 e. The first-order valence-electron chi connectivity index (χ1n) is 39.1. The fourth-order valence-corrected chi connectivity index (χ4v) is 16.6. The lowest BCUT2D eigenvalue weighted by Gasteiger charge is -2.26. The molecular formula is C106H70N10. The molecule has 0 N–H and O–H groups in total. The van der Waals surface area contributed by atoms with Gasteiger partial charge in [-0.15, -0.1) is 0 Å². The van der Waals surface area contributed by atoms with Crippen molar-refractivity contribution in [3.05, 3.63) is 425 Å². The fraction of sp³-hybridized carbons (Fsp3) is 0. The first-order chi connectivity index (χ1) is 57.5. The molecule has 0 saturated carbocycles. The Morgan fingerprint density at radius 3 is 0.871 bits per heavy atom.